The molecule has 0 aromatic carbocycles. The van der Waals surface area contributed by atoms with Crippen LogP contribution in [-0.2, 0) is 9.53 Å². The molecule has 0 unspecified atom stereocenters. The fourth-order valence-corrected chi connectivity index (χ4v) is 0.201. The number of ether oxygens (including phenoxy) is 1. The molecule has 0 N–H and O–H groups in total. The van der Waals surface area contributed by atoms with E-state index in [1.165, 1.54) is 6.92 Å². The van der Waals surface area contributed by atoms with Crippen molar-refractivity contribution in [2.45, 2.75) is 6.92 Å². The molecule has 0 aliphatic carbocycles. The van der Waals surface area contributed by atoms with Gasteiger partial charge in [-0.1, -0.05) is 0 Å². The van der Waals surface area contributed by atoms with Crippen molar-refractivity contribution >= 4 is 28.6 Å². The summed E-state index contributed by atoms with van der Waals surface area (Å²) in [6, 6.07) is 0. The number of halogens is 1. The molecule has 0 radical (unpaired) electrons. The topological polar surface area (TPSA) is 26.3 Å². The molecule has 0 aliphatic rings. The van der Waals surface area contributed by atoms with Crippen molar-refractivity contribution in [3.8, 4) is 10.0 Å². The predicted octanol–water partition coefficient (Wildman–Crippen LogP) is 0.903. The SMILES string of the molecule is CC(=O)OC#CI. The highest BCUT2D eigenvalue weighted by atomic mass is 127. The summed E-state index contributed by atoms with van der Waals surface area (Å²) in [4.78, 5) is 9.87. The summed E-state index contributed by atoms with van der Waals surface area (Å²) in [6.07, 6.45) is 2.13. The standard InChI is InChI=1S/C4H3IO2/c1-4(6)7-3-2-5/h1H3. The second-order valence-electron chi connectivity index (χ2n) is 0.790. The van der Waals surface area contributed by atoms with Crippen LogP contribution in [0.1, 0.15) is 6.92 Å². The van der Waals surface area contributed by atoms with Crippen LogP contribution in [0.2, 0.25) is 0 Å². The lowest BCUT2D eigenvalue weighted by Gasteiger charge is -1.79. The van der Waals surface area contributed by atoms with Crippen LogP contribution in [0.3, 0.4) is 0 Å². The lowest BCUT2D eigenvalue weighted by molar-refractivity contribution is -0.134. The third kappa shape index (κ3) is 5.76. The molecule has 0 aliphatic heterocycles. The number of carbonyl (C=O) groups is 1. The maximum absolute atomic E-state index is 9.87. The quantitative estimate of drug-likeness (QED) is 0.337. The molecular weight excluding hydrogens is 207 g/mol. The smallest absolute Gasteiger partial charge is 0.316 e. The van der Waals surface area contributed by atoms with Gasteiger partial charge in [0.1, 0.15) is 6.11 Å². The van der Waals surface area contributed by atoms with Crippen LogP contribution in [0, 0.1) is 10.0 Å². The van der Waals surface area contributed by atoms with E-state index < -0.39 is 0 Å². The highest BCUT2D eigenvalue weighted by molar-refractivity contribution is 14.1. The fraction of sp³-hybridized carbons (Fsp3) is 0.250. The molecule has 0 saturated heterocycles. The molecule has 0 aromatic heterocycles. The third-order valence-electron chi connectivity index (χ3n) is 0.233. The van der Waals surface area contributed by atoms with Crippen LogP contribution in [0.5, 0.6) is 0 Å². The van der Waals surface area contributed by atoms with Crippen LogP contribution < -0.4 is 0 Å². The van der Waals surface area contributed by atoms with Crippen molar-refractivity contribution in [2.24, 2.45) is 0 Å². The van der Waals surface area contributed by atoms with Gasteiger partial charge in [0, 0.05) is 33.4 Å². The summed E-state index contributed by atoms with van der Waals surface area (Å²) in [5, 5.41) is 0. The summed E-state index contributed by atoms with van der Waals surface area (Å²) in [6.45, 7) is 1.31. The van der Waals surface area contributed by atoms with Crippen molar-refractivity contribution in [3.63, 3.8) is 0 Å². The van der Waals surface area contributed by atoms with Crippen molar-refractivity contribution in [1.29, 1.82) is 0 Å². The maximum Gasteiger partial charge on any atom is 0.316 e. The zero-order chi connectivity index (χ0) is 5.70. The summed E-state index contributed by atoms with van der Waals surface area (Å²) in [7, 11) is 0. The van der Waals surface area contributed by atoms with E-state index in [0.29, 0.717) is 0 Å². The molecular formula is C4H3IO2. The monoisotopic (exact) mass is 210 g/mol. The van der Waals surface area contributed by atoms with Gasteiger partial charge in [-0.2, -0.15) is 0 Å². The normalized spacial score (nSPS) is 6.00. The molecule has 38 valence electrons. The van der Waals surface area contributed by atoms with E-state index in [-0.39, 0.29) is 5.97 Å². The number of hydrogen-bond donors (Lipinski definition) is 0. The van der Waals surface area contributed by atoms with Gasteiger partial charge in [-0.15, -0.1) is 0 Å². The number of rotatable bonds is 0. The Morgan fingerprint density at radius 2 is 2.43 bits per heavy atom. The maximum atomic E-state index is 9.87. The Morgan fingerprint density at radius 1 is 1.86 bits per heavy atom. The first-order valence-corrected chi connectivity index (χ1v) is 2.63. The minimum Gasteiger partial charge on any atom is -0.372 e. The summed E-state index contributed by atoms with van der Waals surface area (Å²) in [5.41, 5.74) is 0. The number of carbonyl (C=O) groups excluding carboxylic acids is 1. The van der Waals surface area contributed by atoms with E-state index in [1.807, 2.05) is 0 Å². The molecule has 7 heavy (non-hydrogen) atoms. The second kappa shape index (κ2) is 3.93. The highest BCUT2D eigenvalue weighted by Gasteiger charge is 1.81. The van der Waals surface area contributed by atoms with Crippen molar-refractivity contribution in [1.82, 2.24) is 0 Å². The Bertz CT molecular complexity index is 119. The van der Waals surface area contributed by atoms with E-state index in [9.17, 15) is 4.79 Å². The van der Waals surface area contributed by atoms with Crippen LogP contribution in [-0.4, -0.2) is 5.97 Å². The van der Waals surface area contributed by atoms with Crippen LogP contribution in [0.25, 0.3) is 0 Å². The summed E-state index contributed by atoms with van der Waals surface area (Å²) in [5.74, 6) is -0.371. The third-order valence-corrected chi connectivity index (χ3v) is 0.454. The zero-order valence-electron chi connectivity index (χ0n) is 3.69. The van der Waals surface area contributed by atoms with Gasteiger partial charge in [0.2, 0.25) is 0 Å². The minimum atomic E-state index is -0.371. The largest absolute Gasteiger partial charge is 0.372 e. The van der Waals surface area contributed by atoms with E-state index in [2.05, 4.69) is 14.8 Å². The van der Waals surface area contributed by atoms with E-state index in [0.717, 1.165) is 0 Å². The molecule has 0 atom stereocenters. The Morgan fingerprint density at radius 3 is 2.57 bits per heavy atom. The van der Waals surface area contributed by atoms with Gasteiger partial charge in [-0.25, -0.2) is 0 Å². The van der Waals surface area contributed by atoms with Crippen molar-refractivity contribution in [3.05, 3.63) is 0 Å². The van der Waals surface area contributed by atoms with Gasteiger partial charge in [0.05, 0.1) is 0 Å². The van der Waals surface area contributed by atoms with E-state index >= 15 is 0 Å². The summed E-state index contributed by atoms with van der Waals surface area (Å²) >= 11 is 1.78. The molecule has 3 heteroatoms. The van der Waals surface area contributed by atoms with Gasteiger partial charge in [0.15, 0.2) is 0 Å². The first-order chi connectivity index (χ1) is 3.27. The lowest BCUT2D eigenvalue weighted by atomic mass is 10.8. The average Bonchev–Trinajstić information content (AvgIpc) is 1.61. The van der Waals surface area contributed by atoms with Crippen LogP contribution >= 0.6 is 22.6 Å². The Kier molecular flexibility index (Phi) is 3.80. The van der Waals surface area contributed by atoms with Gasteiger partial charge in [-0.3, -0.25) is 4.79 Å². The molecule has 2 nitrogen and oxygen atoms in total. The average molecular weight is 210 g/mol. The zero-order valence-corrected chi connectivity index (χ0v) is 5.85. The van der Waals surface area contributed by atoms with E-state index in [1.54, 1.807) is 22.6 Å². The summed E-state index contributed by atoms with van der Waals surface area (Å²) < 4.78 is 6.56. The van der Waals surface area contributed by atoms with Gasteiger partial charge >= 0.3 is 5.97 Å². The molecule has 0 rings (SSSR count). The molecule has 0 aromatic rings. The van der Waals surface area contributed by atoms with E-state index in [4.69, 9.17) is 0 Å². The molecule has 0 spiro atoms. The Balaban J connectivity index is 3.26. The van der Waals surface area contributed by atoms with Gasteiger partial charge < -0.3 is 4.74 Å². The molecule has 0 bridgehead atoms. The van der Waals surface area contributed by atoms with Crippen LogP contribution in [0.4, 0.5) is 0 Å². The molecule has 0 amide bonds. The number of esters is 1. The van der Waals surface area contributed by atoms with Crippen molar-refractivity contribution < 1.29 is 9.53 Å². The molecule has 0 fully saturated rings. The van der Waals surface area contributed by atoms with Gasteiger partial charge in [-0.05, 0) is 0 Å². The fourth-order valence-electron chi connectivity index (χ4n) is 0.0912. The molecule has 0 saturated carbocycles. The second-order valence-corrected chi connectivity index (χ2v) is 1.33. The van der Waals surface area contributed by atoms with Crippen LogP contribution in [0.15, 0.2) is 0 Å². The first kappa shape index (κ1) is 6.76. The predicted molar refractivity (Wildman–Crippen MR) is 33.6 cm³/mol. The molecule has 0 heterocycles. The first-order valence-electron chi connectivity index (χ1n) is 1.55. The van der Waals surface area contributed by atoms with Gasteiger partial charge in [0.25, 0.3) is 0 Å². The Hall–Kier alpha value is -0.240. The Labute approximate surface area is 55.4 Å². The minimum absolute atomic E-state index is 0.371. The lowest BCUT2D eigenvalue weighted by Crippen LogP contribution is -1.88. The highest BCUT2D eigenvalue weighted by Crippen LogP contribution is 1.73. The van der Waals surface area contributed by atoms with Crippen molar-refractivity contribution in [2.75, 3.05) is 0 Å². The number of hydrogen-bond acceptors (Lipinski definition) is 2.